The van der Waals surface area contributed by atoms with Gasteiger partial charge in [-0.1, -0.05) is 24.3 Å². The summed E-state index contributed by atoms with van der Waals surface area (Å²) in [5, 5.41) is 1.74. The number of methoxy groups -OCH3 is 2. The summed E-state index contributed by atoms with van der Waals surface area (Å²) >= 11 is 0. The first-order valence-corrected chi connectivity index (χ1v) is 8.25. The number of carbonyl (C=O) groups is 1. The second-order valence-corrected chi connectivity index (χ2v) is 7.17. The van der Waals surface area contributed by atoms with Crippen molar-refractivity contribution in [3.8, 4) is 5.75 Å². The van der Waals surface area contributed by atoms with Crippen molar-refractivity contribution in [3.05, 3.63) is 35.9 Å². The number of rotatable bonds is 3. The molecule has 0 aromatic heterocycles. The van der Waals surface area contributed by atoms with Crippen LogP contribution in [0.15, 0.2) is 30.3 Å². The number of carbonyl (C=O) groups excluding carboxylic acids is 1. The van der Waals surface area contributed by atoms with E-state index < -0.39 is 24.3 Å². The van der Waals surface area contributed by atoms with Crippen LogP contribution in [0.1, 0.15) is 38.1 Å². The highest BCUT2D eigenvalue weighted by Gasteiger charge is 2.52. The Kier molecular flexibility index (Phi) is 4.29. The van der Waals surface area contributed by atoms with Crippen molar-refractivity contribution < 1.29 is 23.6 Å². The Labute approximate surface area is 148 Å². The van der Waals surface area contributed by atoms with E-state index in [2.05, 4.69) is 0 Å². The number of fused-ring (bicyclic) bond motifs is 1. The minimum Gasteiger partial charge on any atom is -0.495 e. The van der Waals surface area contributed by atoms with Crippen LogP contribution in [0.25, 0.3) is 10.8 Å². The first kappa shape index (κ1) is 17.8. The maximum Gasteiger partial charge on any atom is 0.495 e. The van der Waals surface area contributed by atoms with Crippen LogP contribution in [-0.4, -0.2) is 38.5 Å². The number of hydrogen-bond acceptors (Lipinski definition) is 5. The van der Waals surface area contributed by atoms with Crippen molar-refractivity contribution in [2.24, 2.45) is 0 Å². The molecule has 25 heavy (non-hydrogen) atoms. The molecule has 1 saturated heterocycles. The minimum atomic E-state index is -0.579. The fourth-order valence-electron chi connectivity index (χ4n) is 3.02. The maximum absolute atomic E-state index is 12.3. The summed E-state index contributed by atoms with van der Waals surface area (Å²) < 4.78 is 22.8. The van der Waals surface area contributed by atoms with Crippen LogP contribution in [-0.2, 0) is 14.0 Å². The molecule has 0 radical (unpaired) electrons. The van der Waals surface area contributed by atoms with Gasteiger partial charge in [-0.3, -0.25) is 0 Å². The Balaban J connectivity index is 2.24. The maximum atomic E-state index is 12.3. The molecule has 0 aliphatic carbocycles. The quantitative estimate of drug-likeness (QED) is 0.634. The zero-order valence-electron chi connectivity index (χ0n) is 15.5. The van der Waals surface area contributed by atoms with Gasteiger partial charge in [0.05, 0.1) is 25.4 Å². The predicted molar refractivity (Wildman–Crippen MR) is 97.6 cm³/mol. The normalized spacial score (nSPS) is 18.4. The van der Waals surface area contributed by atoms with Gasteiger partial charge in [0.25, 0.3) is 0 Å². The monoisotopic (exact) mass is 342 g/mol. The van der Waals surface area contributed by atoms with E-state index >= 15 is 0 Å². The first-order valence-electron chi connectivity index (χ1n) is 8.25. The third kappa shape index (κ3) is 2.79. The van der Waals surface area contributed by atoms with Crippen molar-refractivity contribution in [2.75, 3.05) is 14.2 Å². The largest absolute Gasteiger partial charge is 0.495 e. The van der Waals surface area contributed by atoms with E-state index in [1.54, 1.807) is 13.2 Å². The Bertz CT molecular complexity index is 812. The van der Waals surface area contributed by atoms with Crippen LogP contribution in [0.5, 0.6) is 5.75 Å². The minimum absolute atomic E-state index is 0.355. The van der Waals surface area contributed by atoms with Crippen molar-refractivity contribution in [3.63, 3.8) is 0 Å². The van der Waals surface area contributed by atoms with E-state index in [9.17, 15) is 4.79 Å². The van der Waals surface area contributed by atoms with Crippen LogP contribution in [0.4, 0.5) is 0 Å². The zero-order chi connectivity index (χ0) is 18.4. The van der Waals surface area contributed by atoms with Gasteiger partial charge in [0, 0.05) is 5.39 Å². The second kappa shape index (κ2) is 6.04. The molecule has 1 fully saturated rings. The summed E-state index contributed by atoms with van der Waals surface area (Å²) in [7, 11) is 2.32. The van der Waals surface area contributed by atoms with Crippen molar-refractivity contribution in [1.82, 2.24) is 0 Å². The molecule has 5 nitrogen and oxygen atoms in total. The fourth-order valence-corrected chi connectivity index (χ4v) is 3.02. The van der Waals surface area contributed by atoms with E-state index in [1.807, 2.05) is 52.0 Å². The molecule has 0 N–H and O–H groups in total. The van der Waals surface area contributed by atoms with Gasteiger partial charge in [0.2, 0.25) is 0 Å². The SMILES string of the molecule is COC(=O)c1cc(B2OC(C)(C)C(C)(C)O2)c2ccccc2c1OC. The summed E-state index contributed by atoms with van der Waals surface area (Å²) in [6.07, 6.45) is 0. The van der Waals surface area contributed by atoms with Crippen LogP contribution < -0.4 is 10.2 Å². The molecule has 2 aromatic rings. The number of hydrogen-bond donors (Lipinski definition) is 0. The van der Waals surface area contributed by atoms with E-state index in [1.165, 1.54) is 7.11 Å². The Hall–Kier alpha value is -2.05. The van der Waals surface area contributed by atoms with Crippen LogP contribution >= 0.6 is 0 Å². The number of benzene rings is 2. The highest BCUT2D eigenvalue weighted by molar-refractivity contribution is 6.65. The lowest BCUT2D eigenvalue weighted by Gasteiger charge is -2.32. The molecule has 3 rings (SSSR count). The molecular formula is C19H23BO5. The third-order valence-corrected chi connectivity index (χ3v) is 5.14. The lowest BCUT2D eigenvalue weighted by molar-refractivity contribution is 0.00578. The van der Waals surface area contributed by atoms with Gasteiger partial charge in [-0.15, -0.1) is 0 Å². The third-order valence-electron chi connectivity index (χ3n) is 5.14. The fraction of sp³-hybridized carbons (Fsp3) is 0.421. The standard InChI is InChI=1S/C19H23BO5/c1-18(2)19(3,4)25-20(24-18)15-11-14(17(21)23-6)16(22-5)13-10-8-7-9-12(13)15/h7-11H,1-6H3. The van der Waals surface area contributed by atoms with Crippen LogP contribution in [0.2, 0.25) is 0 Å². The summed E-state index contributed by atoms with van der Waals surface area (Å²) in [5.74, 6) is 0.0306. The average Bonchev–Trinajstić information content (AvgIpc) is 2.80. The highest BCUT2D eigenvalue weighted by atomic mass is 16.7. The van der Waals surface area contributed by atoms with E-state index in [0.29, 0.717) is 11.3 Å². The van der Waals surface area contributed by atoms with Gasteiger partial charge in [-0.2, -0.15) is 0 Å². The molecule has 0 atom stereocenters. The molecule has 0 amide bonds. The molecule has 0 bridgehead atoms. The molecule has 2 aromatic carbocycles. The molecule has 1 aliphatic heterocycles. The molecule has 0 saturated carbocycles. The van der Waals surface area contributed by atoms with E-state index in [-0.39, 0.29) is 0 Å². The Morgan fingerprint density at radius 1 is 1.00 bits per heavy atom. The van der Waals surface area contributed by atoms with Crippen molar-refractivity contribution >= 4 is 29.3 Å². The van der Waals surface area contributed by atoms with Gasteiger partial charge in [0.15, 0.2) is 0 Å². The summed E-state index contributed by atoms with van der Waals surface area (Å²) in [6.45, 7) is 8.00. The molecule has 0 unspecified atom stereocenters. The van der Waals surface area contributed by atoms with Gasteiger partial charge in [-0.25, -0.2) is 4.79 Å². The zero-order valence-corrected chi connectivity index (χ0v) is 15.5. The summed E-state index contributed by atoms with van der Waals surface area (Å²) in [4.78, 5) is 12.3. The first-order chi connectivity index (χ1) is 11.7. The van der Waals surface area contributed by atoms with E-state index in [0.717, 1.165) is 16.2 Å². The van der Waals surface area contributed by atoms with Gasteiger partial charge >= 0.3 is 13.1 Å². The predicted octanol–water partition coefficient (Wildman–Crippen LogP) is 2.93. The van der Waals surface area contributed by atoms with Crippen molar-refractivity contribution in [2.45, 2.75) is 38.9 Å². The summed E-state index contributed by atoms with van der Waals surface area (Å²) in [6, 6.07) is 9.47. The van der Waals surface area contributed by atoms with Crippen LogP contribution in [0, 0.1) is 0 Å². The van der Waals surface area contributed by atoms with Gasteiger partial charge in [-0.05, 0) is 44.6 Å². The molecule has 1 heterocycles. The topological polar surface area (TPSA) is 54.0 Å². The lowest BCUT2D eigenvalue weighted by atomic mass is 9.75. The van der Waals surface area contributed by atoms with Crippen molar-refractivity contribution in [1.29, 1.82) is 0 Å². The molecule has 6 heteroatoms. The second-order valence-electron chi connectivity index (χ2n) is 7.17. The number of esters is 1. The Morgan fingerprint density at radius 2 is 1.56 bits per heavy atom. The molecule has 1 aliphatic rings. The molecule has 0 spiro atoms. The molecule has 132 valence electrons. The highest BCUT2D eigenvalue weighted by Crippen LogP contribution is 2.38. The number of ether oxygens (including phenoxy) is 2. The average molecular weight is 342 g/mol. The lowest BCUT2D eigenvalue weighted by Crippen LogP contribution is -2.41. The Morgan fingerprint density at radius 3 is 2.08 bits per heavy atom. The summed E-state index contributed by atoms with van der Waals surface area (Å²) in [5.41, 5.74) is 0.206. The van der Waals surface area contributed by atoms with Gasteiger partial charge in [0.1, 0.15) is 11.3 Å². The van der Waals surface area contributed by atoms with Crippen LogP contribution in [0.3, 0.4) is 0 Å². The smallest absolute Gasteiger partial charge is 0.495 e. The van der Waals surface area contributed by atoms with Gasteiger partial charge < -0.3 is 18.8 Å². The van der Waals surface area contributed by atoms with E-state index in [4.69, 9.17) is 18.8 Å². The molecular weight excluding hydrogens is 319 g/mol.